The summed E-state index contributed by atoms with van der Waals surface area (Å²) in [5.74, 6) is 3.14. The second-order valence-electron chi connectivity index (χ2n) is 11.1. The van der Waals surface area contributed by atoms with Crippen LogP contribution in [-0.2, 0) is 25.2 Å². The molecule has 0 heterocycles. The molecule has 194 valence electrons. The maximum absolute atomic E-state index is 13.0. The Morgan fingerprint density at radius 1 is 0.946 bits per heavy atom. The van der Waals surface area contributed by atoms with Crippen molar-refractivity contribution in [1.82, 2.24) is 0 Å². The number of rotatable bonds is 9. The molecule has 0 amide bonds. The molecule has 4 bridgehead atoms. The quantitative estimate of drug-likeness (QED) is 0.148. The standard InChI is InChI=1S/C33H39O3S/c1-5-31(35-22-32(34)36-33(4)27-18-25-17-26(20-27)21-28(33)19-25)23(2)16-24(3)37(29-12-8-6-9-13-29)30-14-10-7-11-15-30/h5-16,25-28H,3,17-22H2,1-2,4H3/q+1/b23-16-,31-5-. The van der Waals surface area contributed by atoms with Gasteiger partial charge in [-0.1, -0.05) is 36.4 Å². The van der Waals surface area contributed by atoms with Gasteiger partial charge >= 0.3 is 5.97 Å². The SMILES string of the molecule is C=C(/C=C(C)\C(=C\C)OCC(=O)OC1(C)C2CC3CC(C2)CC1C3)[S+](c1ccccc1)c1ccccc1. The molecule has 37 heavy (non-hydrogen) atoms. The van der Waals surface area contributed by atoms with Crippen molar-refractivity contribution in [3.63, 3.8) is 0 Å². The summed E-state index contributed by atoms with van der Waals surface area (Å²) in [5.41, 5.74) is 0.619. The maximum atomic E-state index is 13.0. The molecule has 0 unspecified atom stereocenters. The third kappa shape index (κ3) is 5.45. The molecule has 4 aliphatic rings. The molecule has 0 saturated heterocycles. The highest BCUT2D eigenvalue weighted by Crippen LogP contribution is 2.59. The van der Waals surface area contributed by atoms with E-state index in [2.05, 4.69) is 68.1 Å². The molecule has 0 aliphatic heterocycles. The number of allylic oxidation sites excluding steroid dienone is 3. The van der Waals surface area contributed by atoms with Gasteiger partial charge in [-0.05, 0) is 119 Å². The molecular weight excluding hydrogens is 476 g/mol. The monoisotopic (exact) mass is 515 g/mol. The van der Waals surface area contributed by atoms with Crippen LogP contribution >= 0.6 is 0 Å². The molecule has 0 aromatic heterocycles. The van der Waals surface area contributed by atoms with E-state index in [9.17, 15) is 4.79 Å². The summed E-state index contributed by atoms with van der Waals surface area (Å²) < 4.78 is 12.2. The van der Waals surface area contributed by atoms with Crippen molar-refractivity contribution in [3.8, 4) is 0 Å². The van der Waals surface area contributed by atoms with Crippen molar-refractivity contribution in [2.24, 2.45) is 23.7 Å². The van der Waals surface area contributed by atoms with Crippen LogP contribution in [0.15, 0.2) is 105 Å². The van der Waals surface area contributed by atoms with Crippen LogP contribution in [0.4, 0.5) is 0 Å². The average molecular weight is 516 g/mol. The lowest BCUT2D eigenvalue weighted by molar-refractivity contribution is -0.205. The number of benzene rings is 2. The van der Waals surface area contributed by atoms with Gasteiger partial charge in [0.1, 0.15) is 11.4 Å². The molecule has 4 fully saturated rings. The highest BCUT2D eigenvalue weighted by atomic mass is 32.2. The van der Waals surface area contributed by atoms with E-state index in [1.165, 1.54) is 41.9 Å². The van der Waals surface area contributed by atoms with Gasteiger partial charge in [0, 0.05) is 6.08 Å². The van der Waals surface area contributed by atoms with Crippen LogP contribution in [0.2, 0.25) is 0 Å². The second kappa shape index (κ2) is 10.9. The minimum Gasteiger partial charge on any atom is -0.482 e. The molecule has 4 saturated carbocycles. The highest BCUT2D eigenvalue weighted by molar-refractivity contribution is 8.00. The summed E-state index contributed by atoms with van der Waals surface area (Å²) in [4.78, 5) is 16.4. The number of esters is 1. The van der Waals surface area contributed by atoms with Crippen molar-refractivity contribution in [2.45, 2.75) is 68.3 Å². The molecule has 0 spiro atoms. The van der Waals surface area contributed by atoms with Crippen LogP contribution in [0.5, 0.6) is 0 Å². The average Bonchev–Trinajstić information content (AvgIpc) is 2.89. The third-order valence-electron chi connectivity index (χ3n) is 8.69. The van der Waals surface area contributed by atoms with Crippen molar-refractivity contribution < 1.29 is 14.3 Å². The van der Waals surface area contributed by atoms with Gasteiger partial charge in [-0.2, -0.15) is 0 Å². The summed E-state index contributed by atoms with van der Waals surface area (Å²) >= 11 is 0. The number of hydrogen-bond donors (Lipinski definition) is 0. The van der Waals surface area contributed by atoms with E-state index in [-0.39, 0.29) is 29.1 Å². The minimum atomic E-state index is -0.331. The van der Waals surface area contributed by atoms with Crippen molar-refractivity contribution in [1.29, 1.82) is 0 Å². The first-order chi connectivity index (χ1) is 17.9. The minimum absolute atomic E-state index is 0.0672. The highest BCUT2D eigenvalue weighted by Gasteiger charge is 2.57. The van der Waals surface area contributed by atoms with Crippen LogP contribution in [0.3, 0.4) is 0 Å². The van der Waals surface area contributed by atoms with Crippen molar-refractivity contribution in [3.05, 3.63) is 95.6 Å². The Labute approximate surface area is 225 Å². The topological polar surface area (TPSA) is 35.5 Å². The van der Waals surface area contributed by atoms with Gasteiger partial charge in [-0.15, -0.1) is 0 Å². The van der Waals surface area contributed by atoms with Gasteiger partial charge in [0.25, 0.3) is 0 Å². The third-order valence-corrected chi connectivity index (χ3v) is 10.8. The van der Waals surface area contributed by atoms with Crippen LogP contribution < -0.4 is 0 Å². The molecular formula is C33H39O3S+. The molecule has 4 heteroatoms. The van der Waals surface area contributed by atoms with Gasteiger partial charge in [0.2, 0.25) is 0 Å². The predicted molar refractivity (Wildman–Crippen MR) is 151 cm³/mol. The molecule has 2 aromatic rings. The van der Waals surface area contributed by atoms with E-state index < -0.39 is 0 Å². The molecule has 3 nitrogen and oxygen atoms in total. The fourth-order valence-corrected chi connectivity index (χ4v) is 9.08. The molecule has 0 N–H and O–H groups in total. The Balaban J connectivity index is 1.24. The zero-order valence-electron chi connectivity index (χ0n) is 22.3. The van der Waals surface area contributed by atoms with Crippen LogP contribution in [0, 0.1) is 23.7 Å². The first-order valence-corrected chi connectivity index (χ1v) is 14.8. The summed E-state index contributed by atoms with van der Waals surface area (Å²) in [7, 11) is -0.306. The zero-order chi connectivity index (χ0) is 26.0. The number of carbonyl (C=O) groups is 1. The smallest absolute Gasteiger partial charge is 0.344 e. The summed E-state index contributed by atoms with van der Waals surface area (Å²) in [6.45, 7) is 10.5. The zero-order valence-corrected chi connectivity index (χ0v) is 23.1. The van der Waals surface area contributed by atoms with E-state index in [0.29, 0.717) is 17.6 Å². The largest absolute Gasteiger partial charge is 0.482 e. The van der Waals surface area contributed by atoms with Gasteiger partial charge in [-0.25, -0.2) is 4.79 Å². The lowest BCUT2D eigenvalue weighted by atomic mass is 9.50. The molecule has 2 aromatic carbocycles. The Morgan fingerprint density at radius 3 is 1.95 bits per heavy atom. The van der Waals surface area contributed by atoms with E-state index in [1.54, 1.807) is 0 Å². The lowest BCUT2D eigenvalue weighted by Crippen LogP contribution is -2.58. The normalized spacial score (nSPS) is 28.9. The summed E-state index contributed by atoms with van der Waals surface area (Å²) in [6, 6.07) is 20.9. The van der Waals surface area contributed by atoms with Crippen molar-refractivity contribution >= 4 is 16.9 Å². The predicted octanol–water partition coefficient (Wildman–Crippen LogP) is 7.86. The van der Waals surface area contributed by atoms with E-state index in [0.717, 1.165) is 22.3 Å². The summed E-state index contributed by atoms with van der Waals surface area (Å²) in [5, 5.41) is 0. The Morgan fingerprint density at radius 2 is 1.46 bits per heavy atom. The lowest BCUT2D eigenvalue weighted by Gasteiger charge is -2.59. The second-order valence-corrected chi connectivity index (χ2v) is 13.2. The molecule has 4 aliphatic carbocycles. The fourth-order valence-electron chi connectivity index (χ4n) is 7.05. The van der Waals surface area contributed by atoms with Gasteiger partial charge in [0.15, 0.2) is 21.3 Å². The molecule has 0 radical (unpaired) electrons. The van der Waals surface area contributed by atoms with Gasteiger partial charge in [0.05, 0.1) is 10.9 Å². The van der Waals surface area contributed by atoms with Gasteiger partial charge < -0.3 is 9.47 Å². The van der Waals surface area contributed by atoms with E-state index in [1.807, 2.05) is 32.1 Å². The Kier molecular flexibility index (Phi) is 7.67. The number of ether oxygens (including phenoxy) is 2. The number of carbonyl (C=O) groups excluding carboxylic acids is 1. The fraction of sp³-hybridized carbons (Fsp3) is 0.424. The molecule has 0 atom stereocenters. The van der Waals surface area contributed by atoms with E-state index >= 15 is 0 Å². The van der Waals surface area contributed by atoms with Crippen molar-refractivity contribution in [2.75, 3.05) is 6.61 Å². The van der Waals surface area contributed by atoms with E-state index in [4.69, 9.17) is 9.47 Å². The first kappa shape index (κ1) is 25.9. The van der Waals surface area contributed by atoms with Crippen LogP contribution in [-0.4, -0.2) is 18.2 Å². The summed E-state index contributed by atoms with van der Waals surface area (Å²) in [6.07, 6.45) is 10.2. The Hall–Kier alpha value is -2.72. The first-order valence-electron chi connectivity index (χ1n) is 13.6. The maximum Gasteiger partial charge on any atom is 0.344 e. The Bertz CT molecular complexity index is 1110. The van der Waals surface area contributed by atoms with Crippen LogP contribution in [0.1, 0.15) is 52.9 Å². The van der Waals surface area contributed by atoms with Crippen LogP contribution in [0.25, 0.3) is 0 Å². The molecule has 6 rings (SSSR count). The van der Waals surface area contributed by atoms with Gasteiger partial charge in [-0.3, -0.25) is 0 Å². The number of hydrogen-bond acceptors (Lipinski definition) is 3.